The van der Waals surface area contributed by atoms with Gasteiger partial charge in [-0.1, -0.05) is 15.9 Å². The Morgan fingerprint density at radius 1 is 1.42 bits per heavy atom. The smallest absolute Gasteiger partial charge is 0.415 e. The van der Waals surface area contributed by atoms with Crippen molar-refractivity contribution in [2.45, 2.75) is 52.2 Å². The number of halogens is 1. The molecule has 1 aliphatic rings. The van der Waals surface area contributed by atoms with E-state index in [0.717, 1.165) is 23.0 Å². The van der Waals surface area contributed by atoms with Crippen LogP contribution in [0.2, 0.25) is 0 Å². The Kier molecular flexibility index (Phi) is 3.90. The van der Waals surface area contributed by atoms with Crippen molar-refractivity contribution in [3.05, 3.63) is 28.2 Å². The molecule has 19 heavy (non-hydrogen) atoms. The zero-order valence-electron chi connectivity index (χ0n) is 11.9. The van der Waals surface area contributed by atoms with Crippen LogP contribution in [0.3, 0.4) is 0 Å². The number of carbonyl (C=O) groups is 1. The first-order chi connectivity index (χ1) is 8.78. The van der Waals surface area contributed by atoms with Gasteiger partial charge >= 0.3 is 6.09 Å². The molecule has 0 bridgehead atoms. The summed E-state index contributed by atoms with van der Waals surface area (Å²) in [4.78, 5) is 14.1. The number of anilines is 1. The topological polar surface area (TPSA) is 29.5 Å². The van der Waals surface area contributed by atoms with E-state index in [1.54, 1.807) is 4.90 Å². The third-order valence-corrected chi connectivity index (χ3v) is 3.66. The maximum absolute atomic E-state index is 12.4. The van der Waals surface area contributed by atoms with Crippen LogP contribution in [0.1, 0.15) is 39.7 Å². The maximum atomic E-state index is 12.4. The summed E-state index contributed by atoms with van der Waals surface area (Å²) in [5, 5.41) is 0. The number of fused-ring (bicyclic) bond motifs is 1. The van der Waals surface area contributed by atoms with Crippen LogP contribution >= 0.6 is 15.9 Å². The molecule has 104 valence electrons. The quantitative estimate of drug-likeness (QED) is 0.701. The van der Waals surface area contributed by atoms with Crippen molar-refractivity contribution in [3.8, 4) is 0 Å². The molecular weight excluding hydrogens is 306 g/mol. The van der Waals surface area contributed by atoms with E-state index >= 15 is 0 Å². The molecule has 1 unspecified atom stereocenters. The molecule has 3 nitrogen and oxygen atoms in total. The summed E-state index contributed by atoms with van der Waals surface area (Å²) < 4.78 is 6.56. The van der Waals surface area contributed by atoms with Crippen LogP contribution in [0.4, 0.5) is 10.5 Å². The van der Waals surface area contributed by atoms with Crippen LogP contribution in [0.15, 0.2) is 22.7 Å². The molecule has 1 heterocycles. The lowest BCUT2D eigenvalue weighted by Crippen LogP contribution is -2.44. The number of ether oxygens (including phenoxy) is 1. The second kappa shape index (κ2) is 5.16. The monoisotopic (exact) mass is 325 g/mol. The summed E-state index contributed by atoms with van der Waals surface area (Å²) in [6.45, 7) is 7.74. The normalized spacial score (nSPS) is 19.0. The van der Waals surface area contributed by atoms with Gasteiger partial charge in [0.05, 0.1) is 5.69 Å². The van der Waals surface area contributed by atoms with Gasteiger partial charge in [-0.3, -0.25) is 4.90 Å². The molecule has 1 amide bonds. The van der Waals surface area contributed by atoms with E-state index in [2.05, 4.69) is 28.9 Å². The standard InChI is InChI=1S/C15H20BrNO2/c1-10-5-6-11-9-12(16)7-8-13(11)17(10)14(18)19-15(2,3)4/h7-10H,5-6H2,1-4H3. The predicted molar refractivity (Wildman–Crippen MR) is 80.6 cm³/mol. The number of carbonyl (C=O) groups excluding carboxylic acids is 1. The Labute approximate surface area is 123 Å². The van der Waals surface area contributed by atoms with E-state index < -0.39 is 5.60 Å². The van der Waals surface area contributed by atoms with Crippen LogP contribution in [-0.4, -0.2) is 17.7 Å². The summed E-state index contributed by atoms with van der Waals surface area (Å²) in [5.74, 6) is 0. The van der Waals surface area contributed by atoms with Crippen molar-refractivity contribution in [3.63, 3.8) is 0 Å². The largest absolute Gasteiger partial charge is 0.443 e. The van der Waals surface area contributed by atoms with Crippen molar-refractivity contribution in [2.24, 2.45) is 0 Å². The summed E-state index contributed by atoms with van der Waals surface area (Å²) >= 11 is 3.48. The molecule has 0 saturated heterocycles. The fraction of sp³-hybridized carbons (Fsp3) is 0.533. The van der Waals surface area contributed by atoms with Crippen molar-refractivity contribution in [2.75, 3.05) is 4.90 Å². The summed E-state index contributed by atoms with van der Waals surface area (Å²) in [6, 6.07) is 6.20. The summed E-state index contributed by atoms with van der Waals surface area (Å²) in [5.41, 5.74) is 1.69. The number of aryl methyl sites for hydroxylation is 1. The van der Waals surface area contributed by atoms with Gasteiger partial charge in [0.15, 0.2) is 0 Å². The zero-order valence-corrected chi connectivity index (χ0v) is 13.5. The number of hydrogen-bond donors (Lipinski definition) is 0. The van der Waals surface area contributed by atoms with Crippen LogP contribution in [0.25, 0.3) is 0 Å². The first kappa shape index (κ1) is 14.4. The van der Waals surface area contributed by atoms with E-state index in [1.165, 1.54) is 5.56 Å². The van der Waals surface area contributed by atoms with Crippen molar-refractivity contribution < 1.29 is 9.53 Å². The molecule has 0 aliphatic carbocycles. The number of hydrogen-bond acceptors (Lipinski definition) is 2. The van der Waals surface area contributed by atoms with E-state index in [-0.39, 0.29) is 12.1 Å². The molecule has 0 fully saturated rings. The molecule has 2 rings (SSSR count). The van der Waals surface area contributed by atoms with E-state index in [1.807, 2.05) is 32.9 Å². The highest BCUT2D eigenvalue weighted by molar-refractivity contribution is 9.10. The van der Waals surface area contributed by atoms with E-state index in [9.17, 15) is 4.79 Å². The van der Waals surface area contributed by atoms with E-state index in [4.69, 9.17) is 4.74 Å². The lowest BCUT2D eigenvalue weighted by atomic mass is 9.97. The second-order valence-electron chi connectivity index (χ2n) is 6.01. The fourth-order valence-corrected chi connectivity index (χ4v) is 2.72. The minimum Gasteiger partial charge on any atom is -0.443 e. The highest BCUT2D eigenvalue weighted by Crippen LogP contribution is 2.33. The zero-order chi connectivity index (χ0) is 14.2. The van der Waals surface area contributed by atoms with Gasteiger partial charge in [0.2, 0.25) is 0 Å². The highest BCUT2D eigenvalue weighted by Gasteiger charge is 2.31. The number of amides is 1. The van der Waals surface area contributed by atoms with Crippen molar-refractivity contribution in [1.29, 1.82) is 0 Å². The van der Waals surface area contributed by atoms with E-state index in [0.29, 0.717) is 0 Å². The van der Waals surface area contributed by atoms with Crippen LogP contribution in [0.5, 0.6) is 0 Å². The molecule has 4 heteroatoms. The molecular formula is C15H20BrNO2. The van der Waals surface area contributed by atoms with Gasteiger partial charge in [-0.2, -0.15) is 0 Å². The molecule has 1 aliphatic heterocycles. The van der Waals surface area contributed by atoms with Gasteiger partial charge in [-0.15, -0.1) is 0 Å². The first-order valence-electron chi connectivity index (χ1n) is 6.58. The first-order valence-corrected chi connectivity index (χ1v) is 7.38. The van der Waals surface area contributed by atoms with Gasteiger partial charge in [-0.25, -0.2) is 4.79 Å². The molecule has 0 radical (unpaired) electrons. The summed E-state index contributed by atoms with van der Waals surface area (Å²) in [7, 11) is 0. The number of benzene rings is 1. The van der Waals surface area contributed by atoms with Gasteiger partial charge < -0.3 is 4.74 Å². The lowest BCUT2D eigenvalue weighted by molar-refractivity contribution is 0.0563. The molecule has 0 saturated carbocycles. The van der Waals surface area contributed by atoms with Gasteiger partial charge in [0.1, 0.15) is 5.60 Å². The molecule has 1 atom stereocenters. The molecule has 0 N–H and O–H groups in total. The SMILES string of the molecule is CC1CCc2cc(Br)ccc2N1C(=O)OC(C)(C)C. The molecule has 0 aromatic heterocycles. The van der Waals surface area contributed by atoms with Crippen LogP contribution < -0.4 is 4.90 Å². The second-order valence-corrected chi connectivity index (χ2v) is 6.93. The molecule has 1 aromatic carbocycles. The maximum Gasteiger partial charge on any atom is 0.415 e. The third kappa shape index (κ3) is 3.30. The Morgan fingerprint density at radius 2 is 2.11 bits per heavy atom. The Balaban J connectivity index is 2.33. The molecule has 1 aromatic rings. The number of rotatable bonds is 0. The lowest BCUT2D eigenvalue weighted by Gasteiger charge is -2.36. The Hall–Kier alpha value is -1.03. The summed E-state index contributed by atoms with van der Waals surface area (Å²) in [6.07, 6.45) is 1.70. The molecule has 0 spiro atoms. The minimum atomic E-state index is -0.468. The Morgan fingerprint density at radius 3 is 2.74 bits per heavy atom. The average Bonchev–Trinajstić information content (AvgIpc) is 2.26. The Bertz CT molecular complexity index is 493. The minimum absolute atomic E-state index is 0.170. The van der Waals surface area contributed by atoms with Crippen LogP contribution in [0, 0.1) is 0 Å². The van der Waals surface area contributed by atoms with Crippen molar-refractivity contribution >= 4 is 27.7 Å². The van der Waals surface area contributed by atoms with Gasteiger partial charge in [0, 0.05) is 10.5 Å². The fourth-order valence-electron chi connectivity index (χ4n) is 2.31. The van der Waals surface area contributed by atoms with Gasteiger partial charge in [-0.05, 0) is 64.3 Å². The van der Waals surface area contributed by atoms with Crippen LogP contribution in [-0.2, 0) is 11.2 Å². The van der Waals surface area contributed by atoms with Crippen molar-refractivity contribution in [1.82, 2.24) is 0 Å². The average molecular weight is 326 g/mol. The predicted octanol–water partition coefficient (Wildman–Crippen LogP) is 4.53. The highest BCUT2D eigenvalue weighted by atomic mass is 79.9. The number of nitrogens with zero attached hydrogens (tertiary/aromatic N) is 1. The third-order valence-electron chi connectivity index (χ3n) is 3.16. The van der Waals surface area contributed by atoms with Gasteiger partial charge in [0.25, 0.3) is 0 Å².